The molecule has 0 fully saturated rings. The first kappa shape index (κ1) is 15.0. The summed E-state index contributed by atoms with van der Waals surface area (Å²) in [6.45, 7) is 2.31. The van der Waals surface area contributed by atoms with Crippen LogP contribution in [0, 0.1) is 12.3 Å². The van der Waals surface area contributed by atoms with Crippen molar-refractivity contribution in [2.24, 2.45) is 0 Å². The summed E-state index contributed by atoms with van der Waals surface area (Å²) in [6, 6.07) is 4.62. The fourth-order valence-electron chi connectivity index (χ4n) is 1.44. The Kier molecular flexibility index (Phi) is 6.20. The van der Waals surface area contributed by atoms with Crippen LogP contribution < -0.4 is 5.32 Å². The van der Waals surface area contributed by atoms with Crippen LogP contribution in [0.25, 0.3) is 0 Å². The van der Waals surface area contributed by atoms with Crippen molar-refractivity contribution in [1.82, 2.24) is 5.32 Å². The van der Waals surface area contributed by atoms with Gasteiger partial charge in [0.2, 0.25) is 0 Å². The molecular formula is C13H13BrClNO2. The number of hydrogen-bond acceptors (Lipinski definition) is 3. The second kappa shape index (κ2) is 7.42. The molecular weight excluding hydrogens is 318 g/mol. The molecule has 0 saturated heterocycles. The van der Waals surface area contributed by atoms with Crippen LogP contribution in [0.4, 0.5) is 0 Å². The van der Waals surface area contributed by atoms with Crippen molar-refractivity contribution in [3.8, 4) is 12.3 Å². The molecule has 0 aromatic heterocycles. The van der Waals surface area contributed by atoms with E-state index < -0.39 is 12.0 Å². The van der Waals surface area contributed by atoms with Gasteiger partial charge in [0.1, 0.15) is 6.04 Å². The molecule has 1 unspecified atom stereocenters. The number of benzene rings is 1. The Hall–Kier alpha value is -1.02. The Morgan fingerprint density at radius 3 is 3.00 bits per heavy atom. The van der Waals surface area contributed by atoms with E-state index >= 15 is 0 Å². The van der Waals surface area contributed by atoms with Crippen molar-refractivity contribution >= 4 is 33.5 Å². The first-order valence-electron chi connectivity index (χ1n) is 5.38. The molecule has 96 valence electrons. The summed E-state index contributed by atoms with van der Waals surface area (Å²) < 4.78 is 5.84. The van der Waals surface area contributed by atoms with E-state index in [1.54, 1.807) is 25.1 Å². The van der Waals surface area contributed by atoms with Gasteiger partial charge in [-0.25, -0.2) is 4.79 Å². The number of rotatable bonds is 5. The smallest absolute Gasteiger partial charge is 0.327 e. The standard InChI is InChI=1S/C13H13BrClNO2/c1-3-7-16-12(13(17)18-4-2)10-8-9(14)5-6-11(10)15/h1,5-6,8,12,16H,4,7H2,2H3. The summed E-state index contributed by atoms with van der Waals surface area (Å²) in [6.07, 6.45) is 5.19. The monoisotopic (exact) mass is 329 g/mol. The zero-order valence-electron chi connectivity index (χ0n) is 9.87. The van der Waals surface area contributed by atoms with Crippen molar-refractivity contribution in [2.75, 3.05) is 13.2 Å². The lowest BCUT2D eigenvalue weighted by molar-refractivity contribution is -0.145. The number of halogens is 2. The third-order valence-corrected chi connectivity index (χ3v) is 3.04. The molecule has 3 nitrogen and oxygen atoms in total. The first-order valence-corrected chi connectivity index (χ1v) is 6.55. The van der Waals surface area contributed by atoms with Crippen molar-refractivity contribution in [2.45, 2.75) is 13.0 Å². The van der Waals surface area contributed by atoms with Gasteiger partial charge >= 0.3 is 5.97 Å². The van der Waals surface area contributed by atoms with Gasteiger partial charge in [-0.2, -0.15) is 0 Å². The number of esters is 1. The van der Waals surface area contributed by atoms with Gasteiger partial charge in [0.15, 0.2) is 0 Å². The average Bonchev–Trinajstić information content (AvgIpc) is 2.34. The van der Waals surface area contributed by atoms with Crippen LogP contribution in [0.3, 0.4) is 0 Å². The van der Waals surface area contributed by atoms with E-state index in [0.29, 0.717) is 17.2 Å². The summed E-state index contributed by atoms with van der Waals surface area (Å²) in [7, 11) is 0. The Morgan fingerprint density at radius 1 is 1.67 bits per heavy atom. The fourth-order valence-corrected chi connectivity index (χ4v) is 2.05. The van der Waals surface area contributed by atoms with Crippen molar-refractivity contribution < 1.29 is 9.53 Å². The highest BCUT2D eigenvalue weighted by atomic mass is 79.9. The molecule has 0 saturated carbocycles. The van der Waals surface area contributed by atoms with Gasteiger partial charge in [-0.3, -0.25) is 5.32 Å². The average molecular weight is 331 g/mol. The van der Waals surface area contributed by atoms with E-state index in [0.717, 1.165) is 4.47 Å². The SMILES string of the molecule is C#CCNC(C(=O)OCC)c1cc(Br)ccc1Cl. The predicted octanol–water partition coefficient (Wildman–Crippen LogP) is 2.93. The van der Waals surface area contributed by atoms with E-state index in [4.69, 9.17) is 22.8 Å². The van der Waals surface area contributed by atoms with Crippen molar-refractivity contribution in [1.29, 1.82) is 0 Å². The molecule has 0 bridgehead atoms. The van der Waals surface area contributed by atoms with E-state index in [-0.39, 0.29) is 6.54 Å². The van der Waals surface area contributed by atoms with Crippen molar-refractivity contribution in [3.05, 3.63) is 33.3 Å². The molecule has 0 heterocycles. The lowest BCUT2D eigenvalue weighted by Gasteiger charge is -2.17. The highest BCUT2D eigenvalue weighted by Crippen LogP contribution is 2.27. The van der Waals surface area contributed by atoms with Gasteiger partial charge in [-0.15, -0.1) is 6.42 Å². The van der Waals surface area contributed by atoms with Gasteiger partial charge < -0.3 is 4.74 Å². The molecule has 0 amide bonds. The predicted molar refractivity (Wildman–Crippen MR) is 75.4 cm³/mol. The summed E-state index contributed by atoms with van der Waals surface area (Å²) in [5.41, 5.74) is 0.639. The molecule has 1 aromatic carbocycles. The lowest BCUT2D eigenvalue weighted by Crippen LogP contribution is -2.30. The zero-order chi connectivity index (χ0) is 13.5. The molecule has 1 aromatic rings. The molecule has 0 aliphatic heterocycles. The number of carbonyl (C=O) groups is 1. The fraction of sp³-hybridized carbons (Fsp3) is 0.308. The third kappa shape index (κ3) is 4.02. The maximum atomic E-state index is 11.9. The van der Waals surface area contributed by atoms with Gasteiger partial charge in [0, 0.05) is 15.1 Å². The maximum absolute atomic E-state index is 11.9. The number of nitrogens with one attached hydrogen (secondary N) is 1. The van der Waals surface area contributed by atoms with Crippen LogP contribution in [0.2, 0.25) is 5.02 Å². The van der Waals surface area contributed by atoms with Crippen LogP contribution in [0.5, 0.6) is 0 Å². The van der Waals surface area contributed by atoms with Crippen LogP contribution >= 0.6 is 27.5 Å². The van der Waals surface area contributed by atoms with E-state index in [2.05, 4.69) is 27.2 Å². The summed E-state index contributed by atoms with van der Waals surface area (Å²) in [4.78, 5) is 11.9. The highest BCUT2D eigenvalue weighted by Gasteiger charge is 2.23. The van der Waals surface area contributed by atoms with Gasteiger partial charge in [-0.1, -0.05) is 33.5 Å². The van der Waals surface area contributed by atoms with Gasteiger partial charge in [-0.05, 0) is 25.1 Å². The minimum Gasteiger partial charge on any atom is -0.465 e. The Balaban J connectivity index is 3.04. The first-order chi connectivity index (χ1) is 8.60. The number of terminal acetylenes is 1. The number of carbonyl (C=O) groups excluding carboxylic acids is 1. The second-order valence-electron chi connectivity index (χ2n) is 3.44. The zero-order valence-corrected chi connectivity index (χ0v) is 12.2. The molecule has 1 rings (SSSR count). The largest absolute Gasteiger partial charge is 0.465 e. The van der Waals surface area contributed by atoms with Gasteiger partial charge in [0.25, 0.3) is 0 Å². The Labute approximate surface area is 120 Å². The minimum atomic E-state index is -0.661. The van der Waals surface area contributed by atoms with Crippen LogP contribution in [0.1, 0.15) is 18.5 Å². The summed E-state index contributed by atoms with van der Waals surface area (Å²) >= 11 is 9.44. The van der Waals surface area contributed by atoms with Crippen LogP contribution in [-0.4, -0.2) is 19.1 Å². The molecule has 18 heavy (non-hydrogen) atoms. The maximum Gasteiger partial charge on any atom is 0.327 e. The van der Waals surface area contributed by atoms with E-state index in [1.165, 1.54) is 0 Å². The Bertz CT molecular complexity index is 471. The molecule has 0 spiro atoms. The van der Waals surface area contributed by atoms with E-state index in [9.17, 15) is 4.79 Å². The van der Waals surface area contributed by atoms with Crippen LogP contribution in [-0.2, 0) is 9.53 Å². The highest BCUT2D eigenvalue weighted by molar-refractivity contribution is 9.10. The summed E-state index contributed by atoms with van der Waals surface area (Å²) in [5, 5.41) is 3.41. The molecule has 1 N–H and O–H groups in total. The minimum absolute atomic E-state index is 0.256. The molecule has 0 aliphatic rings. The quantitative estimate of drug-likeness (QED) is 0.666. The lowest BCUT2D eigenvalue weighted by atomic mass is 10.1. The van der Waals surface area contributed by atoms with Crippen molar-refractivity contribution in [3.63, 3.8) is 0 Å². The second-order valence-corrected chi connectivity index (χ2v) is 4.76. The Morgan fingerprint density at radius 2 is 2.39 bits per heavy atom. The molecule has 0 radical (unpaired) electrons. The van der Waals surface area contributed by atoms with Gasteiger partial charge in [0.05, 0.1) is 13.2 Å². The summed E-state index contributed by atoms with van der Waals surface area (Å²) in [5.74, 6) is 2.03. The van der Waals surface area contributed by atoms with Crippen LogP contribution in [0.15, 0.2) is 22.7 Å². The number of ether oxygens (including phenoxy) is 1. The molecule has 0 aliphatic carbocycles. The number of hydrogen-bond donors (Lipinski definition) is 1. The van der Waals surface area contributed by atoms with E-state index in [1.807, 2.05) is 0 Å². The molecule has 1 atom stereocenters. The molecule has 5 heteroatoms. The normalized spacial score (nSPS) is 11.7. The third-order valence-electron chi connectivity index (χ3n) is 2.20. The topological polar surface area (TPSA) is 38.3 Å².